The van der Waals surface area contributed by atoms with Crippen molar-refractivity contribution in [2.24, 2.45) is 0 Å². The first-order valence-corrected chi connectivity index (χ1v) is 9.07. The van der Waals surface area contributed by atoms with E-state index in [4.69, 9.17) is 4.74 Å². The summed E-state index contributed by atoms with van der Waals surface area (Å²) in [5, 5.41) is 3.04. The van der Waals surface area contributed by atoms with Crippen LogP contribution in [-0.2, 0) is 21.3 Å². The van der Waals surface area contributed by atoms with E-state index >= 15 is 0 Å². The minimum atomic E-state index is -3.46. The standard InChI is InChI=1S/C13H22N2O3S2/c1-9-13(7-10(19-9)8-14-2)20(16,17)15-11-5-4-6-12(11)18-3/h7,11-12,14-15H,4-6,8H2,1-3H3. The van der Waals surface area contributed by atoms with Crippen molar-refractivity contribution in [2.45, 2.75) is 49.8 Å². The van der Waals surface area contributed by atoms with Crippen molar-refractivity contribution in [2.75, 3.05) is 14.2 Å². The van der Waals surface area contributed by atoms with E-state index in [1.165, 1.54) is 11.3 Å². The molecule has 20 heavy (non-hydrogen) atoms. The van der Waals surface area contributed by atoms with Gasteiger partial charge in [-0.2, -0.15) is 0 Å². The van der Waals surface area contributed by atoms with Crippen molar-refractivity contribution in [3.63, 3.8) is 0 Å². The Balaban J connectivity index is 2.17. The Morgan fingerprint density at radius 2 is 2.20 bits per heavy atom. The first kappa shape index (κ1) is 15.9. The van der Waals surface area contributed by atoms with Crippen molar-refractivity contribution < 1.29 is 13.2 Å². The lowest BCUT2D eigenvalue weighted by molar-refractivity contribution is 0.0916. The van der Waals surface area contributed by atoms with Crippen LogP contribution in [0.3, 0.4) is 0 Å². The second-order valence-corrected chi connectivity index (χ2v) is 8.12. The van der Waals surface area contributed by atoms with E-state index in [1.54, 1.807) is 13.2 Å². The SMILES string of the molecule is CNCc1cc(S(=O)(=O)NC2CCCC2OC)c(C)s1. The number of hydrogen-bond acceptors (Lipinski definition) is 5. The molecule has 0 radical (unpaired) electrons. The smallest absolute Gasteiger partial charge is 0.242 e. The molecule has 1 fully saturated rings. The highest BCUT2D eigenvalue weighted by atomic mass is 32.2. The predicted octanol–water partition coefficient (Wildman–Crippen LogP) is 1.62. The maximum atomic E-state index is 12.5. The highest BCUT2D eigenvalue weighted by molar-refractivity contribution is 7.89. The zero-order chi connectivity index (χ0) is 14.8. The Morgan fingerprint density at radius 3 is 2.85 bits per heavy atom. The summed E-state index contributed by atoms with van der Waals surface area (Å²) in [5.41, 5.74) is 0. The maximum Gasteiger partial charge on any atom is 0.242 e. The molecule has 7 heteroatoms. The molecule has 1 heterocycles. The van der Waals surface area contributed by atoms with Gasteiger partial charge in [0.1, 0.15) is 0 Å². The minimum absolute atomic E-state index is 0.0134. The topological polar surface area (TPSA) is 67.4 Å². The summed E-state index contributed by atoms with van der Waals surface area (Å²) < 4.78 is 33.2. The first-order valence-electron chi connectivity index (χ1n) is 6.77. The van der Waals surface area contributed by atoms with Crippen LogP contribution in [0.15, 0.2) is 11.0 Å². The summed E-state index contributed by atoms with van der Waals surface area (Å²) in [5.74, 6) is 0. The number of thiophene rings is 1. The largest absolute Gasteiger partial charge is 0.380 e. The summed E-state index contributed by atoms with van der Waals surface area (Å²) in [6, 6.07) is 1.65. The molecular weight excluding hydrogens is 296 g/mol. The molecule has 0 aromatic carbocycles. The van der Waals surface area contributed by atoms with E-state index in [-0.39, 0.29) is 12.1 Å². The Labute approximate surface area is 124 Å². The van der Waals surface area contributed by atoms with Crippen molar-refractivity contribution >= 4 is 21.4 Å². The number of sulfonamides is 1. The van der Waals surface area contributed by atoms with E-state index in [2.05, 4.69) is 10.0 Å². The number of ether oxygens (including phenoxy) is 1. The van der Waals surface area contributed by atoms with Crippen LogP contribution in [0.1, 0.15) is 29.0 Å². The van der Waals surface area contributed by atoms with Crippen LogP contribution in [0.25, 0.3) is 0 Å². The molecule has 0 amide bonds. The van der Waals surface area contributed by atoms with Crippen LogP contribution >= 0.6 is 11.3 Å². The highest BCUT2D eigenvalue weighted by Crippen LogP contribution is 2.28. The van der Waals surface area contributed by atoms with E-state index < -0.39 is 10.0 Å². The van der Waals surface area contributed by atoms with E-state index in [0.717, 1.165) is 29.0 Å². The van der Waals surface area contributed by atoms with Crippen LogP contribution in [0.4, 0.5) is 0 Å². The molecule has 0 spiro atoms. The minimum Gasteiger partial charge on any atom is -0.380 e. The number of nitrogens with one attached hydrogen (secondary N) is 2. The fourth-order valence-electron chi connectivity index (χ4n) is 2.66. The quantitative estimate of drug-likeness (QED) is 0.836. The van der Waals surface area contributed by atoms with Gasteiger partial charge in [0, 0.05) is 29.5 Å². The van der Waals surface area contributed by atoms with Crippen LogP contribution in [0, 0.1) is 6.92 Å². The molecule has 1 aromatic heterocycles. The van der Waals surface area contributed by atoms with Crippen molar-refractivity contribution in [3.05, 3.63) is 15.8 Å². The van der Waals surface area contributed by atoms with Gasteiger partial charge in [-0.25, -0.2) is 13.1 Å². The lowest BCUT2D eigenvalue weighted by Crippen LogP contribution is -2.40. The number of hydrogen-bond donors (Lipinski definition) is 2. The average Bonchev–Trinajstić information content (AvgIpc) is 2.96. The molecule has 2 N–H and O–H groups in total. The van der Waals surface area contributed by atoms with Crippen molar-refractivity contribution in [1.82, 2.24) is 10.0 Å². The van der Waals surface area contributed by atoms with Gasteiger partial charge in [0.05, 0.1) is 11.0 Å². The van der Waals surface area contributed by atoms with Gasteiger partial charge in [0.15, 0.2) is 0 Å². The van der Waals surface area contributed by atoms with Crippen molar-refractivity contribution in [3.8, 4) is 0 Å². The Bertz CT molecular complexity index is 554. The van der Waals surface area contributed by atoms with Gasteiger partial charge < -0.3 is 10.1 Å². The lowest BCUT2D eigenvalue weighted by Gasteiger charge is -2.19. The van der Waals surface area contributed by atoms with Crippen LogP contribution in [0.5, 0.6) is 0 Å². The molecule has 114 valence electrons. The molecule has 1 aliphatic rings. The third-order valence-corrected chi connectivity index (χ3v) is 6.42. The first-order chi connectivity index (χ1) is 9.47. The fourth-order valence-corrected chi connectivity index (χ4v) is 5.60. The maximum absolute atomic E-state index is 12.5. The summed E-state index contributed by atoms with van der Waals surface area (Å²) in [6.45, 7) is 2.53. The summed E-state index contributed by atoms with van der Waals surface area (Å²) in [7, 11) is 0.0252. The van der Waals surface area contributed by atoms with E-state index in [9.17, 15) is 8.42 Å². The van der Waals surface area contributed by atoms with Crippen LogP contribution in [-0.4, -0.2) is 34.7 Å². The third-order valence-electron chi connectivity index (χ3n) is 3.63. The molecular formula is C13H22N2O3S2. The Kier molecular flexibility index (Phi) is 5.19. The molecule has 1 aromatic rings. The molecule has 2 atom stereocenters. The molecule has 0 aliphatic heterocycles. The van der Waals surface area contributed by atoms with E-state index in [1.807, 2.05) is 14.0 Å². The van der Waals surface area contributed by atoms with Gasteiger partial charge in [0.2, 0.25) is 10.0 Å². The second-order valence-electron chi connectivity index (χ2n) is 5.10. The predicted molar refractivity (Wildman–Crippen MR) is 80.6 cm³/mol. The average molecular weight is 318 g/mol. The van der Waals surface area contributed by atoms with Gasteiger partial charge in [-0.1, -0.05) is 0 Å². The summed E-state index contributed by atoms with van der Waals surface area (Å²) in [4.78, 5) is 2.25. The Hall–Kier alpha value is -0.470. The molecule has 2 unspecified atom stereocenters. The monoisotopic (exact) mass is 318 g/mol. The van der Waals surface area contributed by atoms with E-state index in [0.29, 0.717) is 11.4 Å². The number of aryl methyl sites for hydroxylation is 1. The van der Waals surface area contributed by atoms with Crippen LogP contribution < -0.4 is 10.0 Å². The van der Waals surface area contributed by atoms with Gasteiger partial charge in [0.25, 0.3) is 0 Å². The lowest BCUT2D eigenvalue weighted by atomic mass is 10.2. The molecule has 1 aliphatic carbocycles. The third kappa shape index (κ3) is 3.40. The molecule has 0 saturated heterocycles. The highest BCUT2D eigenvalue weighted by Gasteiger charge is 2.32. The number of methoxy groups -OCH3 is 1. The summed E-state index contributed by atoms with van der Waals surface area (Å²) >= 11 is 1.52. The molecule has 2 rings (SSSR count). The van der Waals surface area contributed by atoms with Crippen molar-refractivity contribution in [1.29, 1.82) is 0 Å². The normalized spacial score (nSPS) is 23.4. The second kappa shape index (κ2) is 6.53. The number of rotatable bonds is 6. The summed E-state index contributed by atoms with van der Waals surface area (Å²) in [6.07, 6.45) is 2.74. The Morgan fingerprint density at radius 1 is 1.45 bits per heavy atom. The van der Waals surface area contributed by atoms with Gasteiger partial charge in [-0.05, 0) is 39.3 Å². The van der Waals surface area contributed by atoms with Gasteiger partial charge in [-0.3, -0.25) is 0 Å². The molecule has 5 nitrogen and oxygen atoms in total. The van der Waals surface area contributed by atoms with Crippen LogP contribution in [0.2, 0.25) is 0 Å². The zero-order valence-electron chi connectivity index (χ0n) is 12.1. The van der Waals surface area contributed by atoms with Gasteiger partial charge in [-0.15, -0.1) is 11.3 Å². The fraction of sp³-hybridized carbons (Fsp3) is 0.692. The molecule has 1 saturated carbocycles. The zero-order valence-corrected chi connectivity index (χ0v) is 13.7. The molecule has 0 bridgehead atoms. The van der Waals surface area contributed by atoms with Gasteiger partial charge >= 0.3 is 0 Å².